The molecule has 0 saturated heterocycles. The first-order valence-electron chi connectivity index (χ1n) is 6.53. The van der Waals surface area contributed by atoms with Crippen molar-refractivity contribution in [1.29, 1.82) is 0 Å². The van der Waals surface area contributed by atoms with Crippen molar-refractivity contribution < 1.29 is 8.42 Å². The highest BCUT2D eigenvalue weighted by Crippen LogP contribution is 2.26. The highest BCUT2D eigenvalue weighted by Gasteiger charge is 2.23. The Morgan fingerprint density at radius 1 is 1.16 bits per heavy atom. The molecule has 5 heteroatoms. The first kappa shape index (κ1) is 16.0. The van der Waals surface area contributed by atoms with Gasteiger partial charge in [-0.25, -0.2) is 13.1 Å². The highest BCUT2D eigenvalue weighted by molar-refractivity contribution is 7.89. The van der Waals surface area contributed by atoms with Crippen molar-refractivity contribution in [3.05, 3.63) is 23.3 Å². The summed E-state index contributed by atoms with van der Waals surface area (Å²) in [5.41, 5.74) is 7.72. The largest absolute Gasteiger partial charge is 0.397 e. The summed E-state index contributed by atoms with van der Waals surface area (Å²) in [5.74, 6) is 0.439. The van der Waals surface area contributed by atoms with E-state index >= 15 is 0 Å². The fourth-order valence-corrected chi connectivity index (χ4v) is 3.93. The van der Waals surface area contributed by atoms with Crippen LogP contribution in [-0.4, -0.2) is 14.5 Å². The lowest BCUT2D eigenvalue weighted by molar-refractivity contribution is 0.482. The predicted molar refractivity (Wildman–Crippen MR) is 79.6 cm³/mol. The molecule has 19 heavy (non-hydrogen) atoms. The molecule has 0 aliphatic carbocycles. The average Bonchev–Trinajstić information content (AvgIpc) is 2.21. The number of sulfonamides is 1. The molecular weight excluding hydrogens is 260 g/mol. The normalized spacial score (nSPS) is 13.8. The molecule has 3 N–H and O–H groups in total. The molecule has 0 fully saturated rings. The van der Waals surface area contributed by atoms with Gasteiger partial charge in [-0.3, -0.25) is 0 Å². The maximum atomic E-state index is 12.4. The van der Waals surface area contributed by atoms with E-state index in [4.69, 9.17) is 5.73 Å². The zero-order chi connectivity index (χ0) is 14.8. The van der Waals surface area contributed by atoms with Gasteiger partial charge in [0.15, 0.2) is 0 Å². The van der Waals surface area contributed by atoms with E-state index < -0.39 is 10.0 Å². The number of rotatable bonds is 5. The second kappa shape index (κ2) is 5.92. The summed E-state index contributed by atoms with van der Waals surface area (Å²) < 4.78 is 27.6. The van der Waals surface area contributed by atoms with Crippen molar-refractivity contribution in [3.8, 4) is 0 Å². The zero-order valence-corrected chi connectivity index (χ0v) is 13.1. The molecule has 4 nitrogen and oxygen atoms in total. The summed E-state index contributed by atoms with van der Waals surface area (Å²) in [6.45, 7) is 9.58. The smallest absolute Gasteiger partial charge is 0.243 e. The number of nitrogens with one attached hydrogen (secondary N) is 1. The highest BCUT2D eigenvalue weighted by atomic mass is 32.2. The molecule has 0 aliphatic rings. The van der Waals surface area contributed by atoms with Crippen LogP contribution in [0.25, 0.3) is 0 Å². The molecule has 1 rings (SSSR count). The van der Waals surface area contributed by atoms with Crippen LogP contribution in [-0.2, 0) is 10.0 Å². The molecule has 108 valence electrons. The monoisotopic (exact) mass is 284 g/mol. The van der Waals surface area contributed by atoms with Crippen molar-refractivity contribution in [2.24, 2.45) is 5.92 Å². The van der Waals surface area contributed by atoms with Crippen LogP contribution in [0.4, 0.5) is 5.69 Å². The van der Waals surface area contributed by atoms with Crippen molar-refractivity contribution in [3.63, 3.8) is 0 Å². The van der Waals surface area contributed by atoms with Crippen LogP contribution >= 0.6 is 0 Å². The summed E-state index contributed by atoms with van der Waals surface area (Å²) in [4.78, 5) is 0.211. The van der Waals surface area contributed by atoms with Crippen LogP contribution < -0.4 is 10.5 Å². The number of aryl methyl sites for hydroxylation is 2. The van der Waals surface area contributed by atoms with Gasteiger partial charge in [0.2, 0.25) is 10.0 Å². The van der Waals surface area contributed by atoms with Crippen molar-refractivity contribution in [1.82, 2.24) is 4.72 Å². The lowest BCUT2D eigenvalue weighted by Gasteiger charge is -2.18. The summed E-state index contributed by atoms with van der Waals surface area (Å²) in [7, 11) is -3.56. The Morgan fingerprint density at radius 3 is 2.21 bits per heavy atom. The van der Waals surface area contributed by atoms with Gasteiger partial charge in [-0.1, -0.05) is 26.0 Å². The molecule has 0 radical (unpaired) electrons. The molecule has 0 saturated carbocycles. The lowest BCUT2D eigenvalue weighted by Crippen LogP contribution is -2.34. The second-order valence-corrected chi connectivity index (χ2v) is 7.24. The Morgan fingerprint density at radius 2 is 1.68 bits per heavy atom. The zero-order valence-electron chi connectivity index (χ0n) is 12.3. The minimum absolute atomic E-state index is 0.107. The van der Waals surface area contributed by atoms with Crippen LogP contribution in [0.3, 0.4) is 0 Å². The molecule has 0 aromatic heterocycles. The Labute approximate surface area is 116 Å². The SMILES string of the molecule is Cc1ccc(C)c(S(=O)(=O)NC(C)CC(C)C)c1N. The van der Waals surface area contributed by atoms with Crippen LogP contribution in [0.15, 0.2) is 17.0 Å². The Balaban J connectivity index is 3.11. The third-order valence-electron chi connectivity index (χ3n) is 3.06. The molecule has 0 aliphatic heterocycles. The fraction of sp³-hybridized carbons (Fsp3) is 0.571. The Bertz CT molecular complexity index is 551. The van der Waals surface area contributed by atoms with Gasteiger partial charge in [-0.15, -0.1) is 0 Å². The molecule has 0 amide bonds. The van der Waals surface area contributed by atoms with E-state index in [0.29, 0.717) is 17.2 Å². The van der Waals surface area contributed by atoms with E-state index in [0.717, 1.165) is 12.0 Å². The van der Waals surface area contributed by atoms with E-state index in [-0.39, 0.29) is 10.9 Å². The molecule has 1 aromatic carbocycles. The van der Waals surface area contributed by atoms with E-state index in [1.807, 2.05) is 19.9 Å². The van der Waals surface area contributed by atoms with Crippen LogP contribution in [0.1, 0.15) is 38.3 Å². The third kappa shape index (κ3) is 3.94. The van der Waals surface area contributed by atoms with Gasteiger partial charge < -0.3 is 5.73 Å². The summed E-state index contributed by atoms with van der Waals surface area (Å²) in [6.07, 6.45) is 0.796. The number of benzene rings is 1. The molecule has 0 heterocycles. The molecule has 1 unspecified atom stereocenters. The third-order valence-corrected chi connectivity index (χ3v) is 4.85. The van der Waals surface area contributed by atoms with Crippen molar-refractivity contribution in [2.75, 3.05) is 5.73 Å². The van der Waals surface area contributed by atoms with Crippen LogP contribution in [0.2, 0.25) is 0 Å². The summed E-state index contributed by atoms with van der Waals surface area (Å²) >= 11 is 0. The number of hydrogen-bond donors (Lipinski definition) is 2. The summed E-state index contributed by atoms with van der Waals surface area (Å²) in [5, 5.41) is 0. The van der Waals surface area contributed by atoms with E-state index in [9.17, 15) is 8.42 Å². The molecule has 1 aromatic rings. The maximum absolute atomic E-state index is 12.4. The van der Waals surface area contributed by atoms with Gasteiger partial charge in [-0.05, 0) is 44.2 Å². The van der Waals surface area contributed by atoms with Gasteiger partial charge in [0.05, 0.1) is 5.69 Å². The quantitative estimate of drug-likeness (QED) is 0.816. The number of nitrogen functional groups attached to an aromatic ring is 1. The minimum Gasteiger partial charge on any atom is -0.397 e. The summed E-state index contributed by atoms with van der Waals surface area (Å²) in [6, 6.07) is 3.51. The lowest BCUT2D eigenvalue weighted by atomic mass is 10.1. The molecule has 1 atom stereocenters. The molecular formula is C14H24N2O2S. The average molecular weight is 284 g/mol. The van der Waals surface area contributed by atoms with E-state index in [1.54, 1.807) is 13.0 Å². The van der Waals surface area contributed by atoms with E-state index in [1.165, 1.54) is 0 Å². The molecule has 0 bridgehead atoms. The van der Waals surface area contributed by atoms with Gasteiger partial charge in [0, 0.05) is 6.04 Å². The number of nitrogens with two attached hydrogens (primary N) is 1. The van der Waals surface area contributed by atoms with Crippen LogP contribution in [0, 0.1) is 19.8 Å². The standard InChI is InChI=1S/C14H24N2O2S/c1-9(2)8-12(5)16-19(17,18)14-11(4)7-6-10(3)13(14)15/h6-7,9,12,16H,8,15H2,1-5H3. The fourth-order valence-electron chi connectivity index (χ4n) is 2.24. The Kier molecular flexibility index (Phi) is 4.98. The predicted octanol–water partition coefficient (Wildman–Crippen LogP) is 2.60. The second-order valence-electron chi connectivity index (χ2n) is 5.59. The topological polar surface area (TPSA) is 72.2 Å². The number of hydrogen-bond acceptors (Lipinski definition) is 3. The first-order valence-corrected chi connectivity index (χ1v) is 8.01. The van der Waals surface area contributed by atoms with Gasteiger partial charge in [-0.2, -0.15) is 0 Å². The van der Waals surface area contributed by atoms with Crippen molar-refractivity contribution in [2.45, 2.75) is 52.0 Å². The first-order chi connectivity index (χ1) is 8.65. The molecule has 0 spiro atoms. The van der Waals surface area contributed by atoms with Gasteiger partial charge in [0.1, 0.15) is 4.90 Å². The van der Waals surface area contributed by atoms with Crippen LogP contribution in [0.5, 0.6) is 0 Å². The van der Waals surface area contributed by atoms with Gasteiger partial charge >= 0.3 is 0 Å². The number of anilines is 1. The van der Waals surface area contributed by atoms with Crippen molar-refractivity contribution >= 4 is 15.7 Å². The minimum atomic E-state index is -3.56. The maximum Gasteiger partial charge on any atom is 0.243 e. The van der Waals surface area contributed by atoms with E-state index in [2.05, 4.69) is 18.6 Å². The van der Waals surface area contributed by atoms with Gasteiger partial charge in [0.25, 0.3) is 0 Å². The Hall–Kier alpha value is -1.07.